The molecule has 0 spiro atoms. The molecule has 46 heavy (non-hydrogen) atoms. The highest BCUT2D eigenvalue weighted by Gasteiger charge is 2.35. The third-order valence-corrected chi connectivity index (χ3v) is 7.62. The quantitative estimate of drug-likeness (QED) is 0.122. The van der Waals surface area contributed by atoms with E-state index in [9.17, 15) is 31.9 Å². The summed E-state index contributed by atoms with van der Waals surface area (Å²) in [5, 5.41) is 3.21. The van der Waals surface area contributed by atoms with Crippen LogP contribution in [0.4, 0.5) is 22.0 Å². The van der Waals surface area contributed by atoms with E-state index in [2.05, 4.69) is 10.1 Å². The van der Waals surface area contributed by atoms with Crippen LogP contribution in [0.25, 0.3) is 11.1 Å². The lowest BCUT2D eigenvalue weighted by Crippen LogP contribution is -2.45. The van der Waals surface area contributed by atoms with Crippen LogP contribution in [0.5, 0.6) is 5.75 Å². The number of hydrogen-bond donors (Lipinski definition) is 1. The maximum atomic E-state index is 15.6. The third kappa shape index (κ3) is 7.36. The Hall–Kier alpha value is -4.78. The van der Waals surface area contributed by atoms with Crippen LogP contribution < -0.4 is 21.3 Å². The van der Waals surface area contributed by atoms with Crippen molar-refractivity contribution < 1.29 is 36.2 Å². The molecule has 4 rings (SSSR count). The molecule has 0 saturated heterocycles. The average molecular weight is 646 g/mol. The van der Waals surface area contributed by atoms with Crippen molar-refractivity contribution in [3.63, 3.8) is 0 Å². The van der Waals surface area contributed by atoms with E-state index >= 15 is 4.39 Å². The Bertz CT molecular complexity index is 1820. The Morgan fingerprint density at radius 2 is 1.63 bits per heavy atom. The van der Waals surface area contributed by atoms with E-state index in [1.807, 2.05) is 0 Å². The number of rotatable bonds is 12. The summed E-state index contributed by atoms with van der Waals surface area (Å²) in [4.78, 5) is 39.7. The molecule has 1 N–H and O–H groups in total. The average Bonchev–Trinajstić information content (AvgIpc) is 3.03. The van der Waals surface area contributed by atoms with Crippen molar-refractivity contribution >= 4 is 5.97 Å². The highest BCUT2D eigenvalue weighted by molar-refractivity contribution is 5.69. The van der Waals surface area contributed by atoms with Crippen molar-refractivity contribution in [3.8, 4) is 16.9 Å². The number of esters is 1. The van der Waals surface area contributed by atoms with E-state index in [1.54, 1.807) is 30.3 Å². The summed E-state index contributed by atoms with van der Waals surface area (Å²) < 4.78 is 83.7. The van der Waals surface area contributed by atoms with Crippen molar-refractivity contribution in [2.75, 3.05) is 20.8 Å². The molecule has 0 amide bonds. The number of alkyl halides is 3. The summed E-state index contributed by atoms with van der Waals surface area (Å²) in [7, 11) is 2.49. The molecule has 13 heteroatoms. The molecule has 0 saturated carbocycles. The minimum Gasteiger partial charge on any atom is -0.494 e. The molecular formula is C33H32F5N3O5. The second-order valence-electron chi connectivity index (χ2n) is 10.4. The lowest BCUT2D eigenvalue weighted by atomic mass is 10.0. The molecule has 244 valence electrons. The summed E-state index contributed by atoms with van der Waals surface area (Å²) in [6.45, 7) is 0.329. The number of benzene rings is 3. The van der Waals surface area contributed by atoms with Crippen LogP contribution in [-0.4, -0.2) is 35.9 Å². The van der Waals surface area contributed by atoms with Gasteiger partial charge < -0.3 is 14.8 Å². The van der Waals surface area contributed by atoms with E-state index in [-0.39, 0.29) is 42.1 Å². The smallest absolute Gasteiger partial charge is 0.416 e. The van der Waals surface area contributed by atoms with Gasteiger partial charge in [0, 0.05) is 23.2 Å². The summed E-state index contributed by atoms with van der Waals surface area (Å²) in [6.07, 6.45) is -4.49. The summed E-state index contributed by atoms with van der Waals surface area (Å²) in [6, 6.07) is 14.5. The van der Waals surface area contributed by atoms with Gasteiger partial charge in [0.2, 0.25) is 0 Å². The second-order valence-corrected chi connectivity index (χ2v) is 10.4. The van der Waals surface area contributed by atoms with Gasteiger partial charge in [-0.2, -0.15) is 13.2 Å². The van der Waals surface area contributed by atoms with Gasteiger partial charge in [-0.05, 0) is 43.7 Å². The first-order valence-corrected chi connectivity index (χ1v) is 14.3. The molecule has 3 aromatic carbocycles. The third-order valence-electron chi connectivity index (χ3n) is 7.62. The minimum absolute atomic E-state index is 0.103. The van der Waals surface area contributed by atoms with Crippen LogP contribution in [0.3, 0.4) is 0 Å². The first-order chi connectivity index (χ1) is 21.9. The number of hydrogen-bond acceptors (Lipinski definition) is 6. The lowest BCUT2D eigenvalue weighted by molar-refractivity contribution is -0.141. The Morgan fingerprint density at radius 1 is 0.935 bits per heavy atom. The maximum Gasteiger partial charge on any atom is 0.416 e. The molecule has 0 aliphatic heterocycles. The Morgan fingerprint density at radius 3 is 2.28 bits per heavy atom. The Labute approximate surface area is 261 Å². The summed E-state index contributed by atoms with van der Waals surface area (Å²) in [5.41, 5.74) is -4.12. The van der Waals surface area contributed by atoms with E-state index < -0.39 is 58.7 Å². The molecule has 0 aliphatic rings. The van der Waals surface area contributed by atoms with Gasteiger partial charge in [0.15, 0.2) is 11.6 Å². The number of nitrogens with zero attached hydrogens (tertiary/aromatic N) is 2. The fourth-order valence-corrected chi connectivity index (χ4v) is 5.23. The monoisotopic (exact) mass is 645 g/mol. The van der Waals surface area contributed by atoms with Gasteiger partial charge in [-0.3, -0.25) is 18.7 Å². The fourth-order valence-electron chi connectivity index (χ4n) is 5.23. The maximum absolute atomic E-state index is 15.6. The van der Waals surface area contributed by atoms with Crippen LogP contribution in [0, 0.1) is 18.6 Å². The van der Waals surface area contributed by atoms with Gasteiger partial charge in [0.25, 0.3) is 5.56 Å². The van der Waals surface area contributed by atoms with Crippen LogP contribution in [-0.2, 0) is 28.8 Å². The number of aromatic nitrogens is 2. The van der Waals surface area contributed by atoms with Crippen LogP contribution >= 0.6 is 0 Å². The first kappa shape index (κ1) is 34.1. The number of carbonyl (C=O) groups excluding carboxylic acids is 1. The minimum atomic E-state index is -4.95. The molecule has 1 atom stereocenters. The van der Waals surface area contributed by atoms with Crippen LogP contribution in [0.2, 0.25) is 0 Å². The molecule has 0 radical (unpaired) electrons. The zero-order chi connectivity index (χ0) is 33.6. The first-order valence-electron chi connectivity index (χ1n) is 14.3. The van der Waals surface area contributed by atoms with Gasteiger partial charge in [0.05, 0.1) is 44.5 Å². The number of halogens is 5. The number of carbonyl (C=O) groups is 1. The van der Waals surface area contributed by atoms with Crippen molar-refractivity contribution in [1.29, 1.82) is 0 Å². The molecule has 1 aromatic heterocycles. The number of ether oxygens (including phenoxy) is 2. The normalized spacial score (nSPS) is 12.2. The summed E-state index contributed by atoms with van der Waals surface area (Å²) in [5.74, 6) is -2.76. The van der Waals surface area contributed by atoms with E-state index in [1.165, 1.54) is 39.3 Å². The topological polar surface area (TPSA) is 91.6 Å². The SMILES string of the molecule is COC(=O)CCCNC(Cn1c(=O)c(-c2cccc(OC)c2F)c(C)n(Cc2c(F)cccc2C(F)(F)F)c1=O)c1ccccc1. The predicted octanol–water partition coefficient (Wildman–Crippen LogP) is 5.62. The van der Waals surface area contributed by atoms with Crippen LogP contribution in [0.1, 0.15) is 41.3 Å². The van der Waals surface area contributed by atoms with Crippen molar-refractivity contribution in [2.24, 2.45) is 0 Å². The lowest BCUT2D eigenvalue weighted by Gasteiger charge is -2.23. The Balaban J connectivity index is 1.93. The summed E-state index contributed by atoms with van der Waals surface area (Å²) >= 11 is 0. The van der Waals surface area contributed by atoms with Gasteiger partial charge in [-0.25, -0.2) is 13.6 Å². The zero-order valence-corrected chi connectivity index (χ0v) is 25.3. The molecule has 1 heterocycles. The fraction of sp³-hybridized carbons (Fsp3) is 0.303. The van der Waals surface area contributed by atoms with Gasteiger partial charge >= 0.3 is 17.8 Å². The number of nitrogens with one attached hydrogen (secondary N) is 1. The van der Waals surface area contributed by atoms with E-state index in [4.69, 9.17) is 4.74 Å². The molecule has 0 fully saturated rings. The van der Waals surface area contributed by atoms with E-state index in [0.717, 1.165) is 21.3 Å². The molecule has 0 aliphatic carbocycles. The predicted molar refractivity (Wildman–Crippen MR) is 161 cm³/mol. The molecule has 8 nitrogen and oxygen atoms in total. The standard InChI is InChI=1S/C33H32F5N3O5/c1-20-29(22-12-7-15-27(45-2)30(22)35)31(43)41(19-26(21-10-5-4-6-11-21)39-17-9-16-28(42)46-3)32(44)40(20)18-23-24(33(36,37)38)13-8-14-25(23)34/h4-8,10-15,26,39H,9,16-19H2,1-3H3. The van der Waals surface area contributed by atoms with Crippen molar-refractivity contribution in [3.05, 3.63) is 122 Å². The zero-order valence-electron chi connectivity index (χ0n) is 25.3. The van der Waals surface area contributed by atoms with Crippen molar-refractivity contribution in [2.45, 2.75) is 45.1 Å². The molecular weight excluding hydrogens is 613 g/mol. The molecule has 1 unspecified atom stereocenters. The second kappa shape index (κ2) is 14.5. The van der Waals surface area contributed by atoms with Gasteiger partial charge in [0.1, 0.15) is 5.82 Å². The van der Waals surface area contributed by atoms with E-state index in [0.29, 0.717) is 18.1 Å². The largest absolute Gasteiger partial charge is 0.494 e. The van der Waals surface area contributed by atoms with Gasteiger partial charge in [-0.15, -0.1) is 0 Å². The molecule has 4 aromatic rings. The number of methoxy groups -OCH3 is 2. The van der Waals surface area contributed by atoms with Crippen LogP contribution in [0.15, 0.2) is 76.3 Å². The molecule has 0 bridgehead atoms. The van der Waals surface area contributed by atoms with Gasteiger partial charge in [-0.1, -0.05) is 48.5 Å². The highest BCUT2D eigenvalue weighted by atomic mass is 19.4. The Kier molecular flexibility index (Phi) is 10.8. The van der Waals surface area contributed by atoms with Crippen molar-refractivity contribution in [1.82, 2.24) is 14.5 Å². The highest BCUT2D eigenvalue weighted by Crippen LogP contribution is 2.34.